The number of rotatable bonds is 5. The van der Waals surface area contributed by atoms with Crippen molar-refractivity contribution in [1.29, 1.82) is 0 Å². The van der Waals surface area contributed by atoms with E-state index < -0.39 is 5.97 Å². The molecule has 0 fully saturated rings. The second kappa shape index (κ2) is 5.16. The first-order chi connectivity index (χ1) is 7.40. The SMILES string of the molecule is Cc1cc(CN(C)CC(C)C)oc1C(=O)O. The Morgan fingerprint density at radius 3 is 2.62 bits per heavy atom. The maximum absolute atomic E-state index is 10.8. The highest BCUT2D eigenvalue weighted by Gasteiger charge is 2.15. The van der Waals surface area contributed by atoms with E-state index in [-0.39, 0.29) is 5.76 Å². The van der Waals surface area contributed by atoms with Gasteiger partial charge in [-0.1, -0.05) is 13.8 Å². The Kier molecular flexibility index (Phi) is 4.12. The third-order valence-electron chi connectivity index (χ3n) is 2.27. The van der Waals surface area contributed by atoms with E-state index in [1.165, 1.54) is 0 Å². The molecule has 0 unspecified atom stereocenters. The molecule has 0 aliphatic carbocycles. The first-order valence-corrected chi connectivity index (χ1v) is 5.41. The van der Waals surface area contributed by atoms with Gasteiger partial charge in [-0.3, -0.25) is 4.90 Å². The van der Waals surface area contributed by atoms with Crippen LogP contribution < -0.4 is 0 Å². The maximum Gasteiger partial charge on any atom is 0.372 e. The van der Waals surface area contributed by atoms with Gasteiger partial charge in [-0.25, -0.2) is 4.79 Å². The molecule has 1 rings (SSSR count). The zero-order valence-corrected chi connectivity index (χ0v) is 10.3. The first-order valence-electron chi connectivity index (χ1n) is 5.41. The zero-order valence-electron chi connectivity index (χ0n) is 10.3. The Hall–Kier alpha value is -1.29. The summed E-state index contributed by atoms with van der Waals surface area (Å²) in [4.78, 5) is 12.9. The number of carbonyl (C=O) groups is 1. The van der Waals surface area contributed by atoms with Gasteiger partial charge >= 0.3 is 5.97 Å². The van der Waals surface area contributed by atoms with Crippen molar-refractivity contribution in [2.75, 3.05) is 13.6 Å². The van der Waals surface area contributed by atoms with E-state index in [0.29, 0.717) is 23.8 Å². The van der Waals surface area contributed by atoms with Crippen molar-refractivity contribution in [2.24, 2.45) is 5.92 Å². The highest BCUT2D eigenvalue weighted by Crippen LogP contribution is 2.16. The van der Waals surface area contributed by atoms with Gasteiger partial charge in [0, 0.05) is 12.1 Å². The third-order valence-corrected chi connectivity index (χ3v) is 2.27. The van der Waals surface area contributed by atoms with Crippen molar-refractivity contribution < 1.29 is 14.3 Å². The van der Waals surface area contributed by atoms with Crippen LogP contribution in [0.2, 0.25) is 0 Å². The number of hydrogen-bond acceptors (Lipinski definition) is 3. The average molecular weight is 225 g/mol. The van der Waals surface area contributed by atoms with Crippen LogP contribution >= 0.6 is 0 Å². The van der Waals surface area contributed by atoms with Crippen LogP contribution in [0.5, 0.6) is 0 Å². The molecule has 0 aliphatic rings. The molecule has 0 aromatic carbocycles. The van der Waals surface area contributed by atoms with Crippen LogP contribution in [0.25, 0.3) is 0 Å². The molecule has 4 nitrogen and oxygen atoms in total. The van der Waals surface area contributed by atoms with Crippen LogP contribution in [-0.4, -0.2) is 29.6 Å². The van der Waals surface area contributed by atoms with Gasteiger partial charge in [0.1, 0.15) is 5.76 Å². The number of carboxylic acid groups (broad SMARTS) is 1. The number of aromatic carboxylic acids is 1. The monoisotopic (exact) mass is 225 g/mol. The molecule has 16 heavy (non-hydrogen) atoms. The predicted octanol–water partition coefficient (Wildman–Crippen LogP) is 2.37. The molecule has 90 valence electrons. The summed E-state index contributed by atoms with van der Waals surface area (Å²) in [7, 11) is 2.00. The van der Waals surface area contributed by atoms with Gasteiger partial charge < -0.3 is 9.52 Å². The lowest BCUT2D eigenvalue weighted by Crippen LogP contribution is -2.22. The molecule has 1 heterocycles. The lowest BCUT2D eigenvalue weighted by Gasteiger charge is -2.17. The summed E-state index contributed by atoms with van der Waals surface area (Å²) >= 11 is 0. The molecule has 0 spiro atoms. The standard InChI is InChI=1S/C12H19NO3/c1-8(2)6-13(4)7-10-5-9(3)11(16-10)12(14)15/h5,8H,6-7H2,1-4H3,(H,14,15). The predicted molar refractivity (Wildman–Crippen MR) is 61.6 cm³/mol. The van der Waals surface area contributed by atoms with Gasteiger partial charge in [-0.05, 0) is 26.0 Å². The Balaban J connectivity index is 2.68. The Bertz CT molecular complexity index is 368. The molecule has 1 N–H and O–H groups in total. The quantitative estimate of drug-likeness (QED) is 0.835. The molecule has 0 atom stereocenters. The molecule has 0 bridgehead atoms. The van der Waals surface area contributed by atoms with E-state index in [1.807, 2.05) is 7.05 Å². The fraction of sp³-hybridized carbons (Fsp3) is 0.583. The molecule has 0 amide bonds. The van der Waals surface area contributed by atoms with Crippen molar-refractivity contribution in [3.63, 3.8) is 0 Å². The molecule has 1 aromatic rings. The van der Waals surface area contributed by atoms with Gasteiger partial charge in [0.25, 0.3) is 0 Å². The number of hydrogen-bond donors (Lipinski definition) is 1. The highest BCUT2D eigenvalue weighted by atomic mass is 16.4. The zero-order chi connectivity index (χ0) is 12.3. The number of aryl methyl sites for hydroxylation is 1. The lowest BCUT2D eigenvalue weighted by atomic mass is 10.2. The van der Waals surface area contributed by atoms with Gasteiger partial charge in [0.15, 0.2) is 0 Å². The summed E-state index contributed by atoms with van der Waals surface area (Å²) in [6.07, 6.45) is 0. The fourth-order valence-corrected chi connectivity index (χ4v) is 1.79. The molecule has 4 heteroatoms. The Morgan fingerprint density at radius 2 is 2.19 bits per heavy atom. The summed E-state index contributed by atoms with van der Waals surface area (Å²) in [5, 5.41) is 8.85. The molecule has 0 aliphatic heterocycles. The number of furan rings is 1. The topological polar surface area (TPSA) is 53.7 Å². The van der Waals surface area contributed by atoms with Crippen molar-refractivity contribution in [3.8, 4) is 0 Å². The summed E-state index contributed by atoms with van der Waals surface area (Å²) in [5.41, 5.74) is 0.681. The molecule has 1 aromatic heterocycles. The minimum absolute atomic E-state index is 0.0490. The number of nitrogens with zero attached hydrogens (tertiary/aromatic N) is 1. The van der Waals surface area contributed by atoms with Crippen molar-refractivity contribution in [1.82, 2.24) is 4.90 Å². The molecule has 0 saturated heterocycles. The summed E-state index contributed by atoms with van der Waals surface area (Å²) < 4.78 is 5.29. The van der Waals surface area contributed by atoms with E-state index in [4.69, 9.17) is 9.52 Å². The second-order valence-corrected chi connectivity index (χ2v) is 4.62. The van der Waals surface area contributed by atoms with Crippen molar-refractivity contribution in [3.05, 3.63) is 23.2 Å². The third kappa shape index (κ3) is 3.38. The smallest absolute Gasteiger partial charge is 0.372 e. The van der Waals surface area contributed by atoms with Gasteiger partial charge in [0.05, 0.1) is 6.54 Å². The average Bonchev–Trinajstić information content (AvgIpc) is 2.44. The Labute approximate surface area is 95.9 Å². The normalized spacial score (nSPS) is 11.4. The molecular formula is C12H19NO3. The van der Waals surface area contributed by atoms with Gasteiger partial charge in [-0.2, -0.15) is 0 Å². The van der Waals surface area contributed by atoms with Crippen LogP contribution in [0.1, 0.15) is 35.7 Å². The van der Waals surface area contributed by atoms with E-state index in [9.17, 15) is 4.79 Å². The largest absolute Gasteiger partial charge is 0.475 e. The van der Waals surface area contributed by atoms with E-state index >= 15 is 0 Å². The van der Waals surface area contributed by atoms with Crippen molar-refractivity contribution >= 4 is 5.97 Å². The summed E-state index contributed by atoms with van der Waals surface area (Å²) in [6.45, 7) is 7.65. The summed E-state index contributed by atoms with van der Waals surface area (Å²) in [6, 6.07) is 1.79. The van der Waals surface area contributed by atoms with Crippen molar-refractivity contribution in [2.45, 2.75) is 27.3 Å². The van der Waals surface area contributed by atoms with Gasteiger partial charge in [0.2, 0.25) is 5.76 Å². The molecule has 0 radical (unpaired) electrons. The molecule has 0 saturated carbocycles. The Morgan fingerprint density at radius 1 is 1.56 bits per heavy atom. The van der Waals surface area contributed by atoms with Crippen LogP contribution in [0.4, 0.5) is 0 Å². The highest BCUT2D eigenvalue weighted by molar-refractivity contribution is 5.86. The summed E-state index contributed by atoms with van der Waals surface area (Å²) in [5.74, 6) is 0.335. The molecular weight excluding hydrogens is 206 g/mol. The minimum atomic E-state index is -1.00. The van der Waals surface area contributed by atoms with E-state index in [2.05, 4.69) is 18.7 Å². The fourth-order valence-electron chi connectivity index (χ4n) is 1.79. The maximum atomic E-state index is 10.8. The first kappa shape index (κ1) is 12.8. The second-order valence-electron chi connectivity index (χ2n) is 4.62. The minimum Gasteiger partial charge on any atom is -0.475 e. The van der Waals surface area contributed by atoms with E-state index in [0.717, 1.165) is 6.54 Å². The lowest BCUT2D eigenvalue weighted by molar-refractivity contribution is 0.0657. The van der Waals surface area contributed by atoms with Gasteiger partial charge in [-0.15, -0.1) is 0 Å². The number of carboxylic acids is 1. The van der Waals surface area contributed by atoms with Crippen LogP contribution in [-0.2, 0) is 6.54 Å². The van der Waals surface area contributed by atoms with Crippen LogP contribution in [0.15, 0.2) is 10.5 Å². The van der Waals surface area contributed by atoms with Crippen LogP contribution in [0.3, 0.4) is 0 Å². The van der Waals surface area contributed by atoms with Crippen LogP contribution in [0, 0.1) is 12.8 Å². The van der Waals surface area contributed by atoms with E-state index in [1.54, 1.807) is 13.0 Å².